The second-order valence-corrected chi connectivity index (χ2v) is 5.11. The molecular weight excluding hydrogens is 352 g/mol. The van der Waals surface area contributed by atoms with Gasteiger partial charge in [0.25, 0.3) is 5.91 Å². The zero-order chi connectivity index (χ0) is 18.8. The fourth-order valence-electron chi connectivity index (χ4n) is 2.07. The van der Waals surface area contributed by atoms with E-state index in [0.29, 0.717) is 17.8 Å². The van der Waals surface area contributed by atoms with Gasteiger partial charge in [-0.3, -0.25) is 14.8 Å². The van der Waals surface area contributed by atoms with E-state index in [0.717, 1.165) is 4.90 Å². The highest BCUT2D eigenvalue weighted by Gasteiger charge is 2.39. The topological polar surface area (TPSA) is 46.1 Å². The number of halogens is 6. The summed E-state index contributed by atoms with van der Waals surface area (Å²) in [7, 11) is 1.22. The zero-order valence-corrected chi connectivity index (χ0v) is 12.7. The maximum Gasteiger partial charge on any atom is 0.417 e. The molecule has 0 aliphatic rings. The number of benzene rings is 1. The molecule has 1 amide bonds. The lowest BCUT2D eigenvalue weighted by molar-refractivity contribution is -0.143. The Hall–Kier alpha value is -2.65. The van der Waals surface area contributed by atoms with Crippen LogP contribution in [0, 0.1) is 0 Å². The molecule has 0 fully saturated rings. The van der Waals surface area contributed by atoms with Gasteiger partial charge in [-0.15, -0.1) is 0 Å². The van der Waals surface area contributed by atoms with E-state index in [9.17, 15) is 31.1 Å². The van der Waals surface area contributed by atoms with Crippen LogP contribution in [-0.4, -0.2) is 27.8 Å². The highest BCUT2D eigenvalue weighted by molar-refractivity contribution is 5.95. The SMILES string of the molecule is CN(Cc1cnccn1)C(=O)c1ccc(C(F)(F)F)cc1C(F)(F)F. The number of hydrogen-bond acceptors (Lipinski definition) is 3. The first-order chi connectivity index (χ1) is 11.5. The van der Waals surface area contributed by atoms with Gasteiger partial charge in [0, 0.05) is 19.4 Å². The van der Waals surface area contributed by atoms with Crippen LogP contribution in [0.5, 0.6) is 0 Å². The minimum atomic E-state index is -5.11. The van der Waals surface area contributed by atoms with Crippen molar-refractivity contribution in [3.05, 3.63) is 59.2 Å². The number of rotatable bonds is 3. The summed E-state index contributed by atoms with van der Waals surface area (Å²) >= 11 is 0. The summed E-state index contributed by atoms with van der Waals surface area (Å²) in [6.07, 6.45) is -6.02. The lowest BCUT2D eigenvalue weighted by atomic mass is 10.0. The maximum atomic E-state index is 13.1. The summed E-state index contributed by atoms with van der Waals surface area (Å²) in [6.45, 7) is -0.148. The Morgan fingerprint density at radius 1 is 1.08 bits per heavy atom. The first-order valence-electron chi connectivity index (χ1n) is 6.79. The van der Waals surface area contributed by atoms with Crippen LogP contribution >= 0.6 is 0 Å². The third kappa shape index (κ3) is 4.46. The maximum absolute atomic E-state index is 13.1. The molecule has 0 atom stereocenters. The molecule has 1 aromatic carbocycles. The molecule has 0 unspecified atom stereocenters. The number of nitrogens with zero attached hydrogens (tertiary/aromatic N) is 3. The van der Waals surface area contributed by atoms with Crippen molar-refractivity contribution in [1.82, 2.24) is 14.9 Å². The molecule has 0 bridgehead atoms. The molecule has 2 aromatic rings. The number of amides is 1. The van der Waals surface area contributed by atoms with Crippen LogP contribution in [0.15, 0.2) is 36.8 Å². The molecule has 1 aromatic heterocycles. The quantitative estimate of drug-likeness (QED) is 0.780. The van der Waals surface area contributed by atoms with E-state index in [1.807, 2.05) is 0 Å². The Balaban J connectivity index is 2.38. The van der Waals surface area contributed by atoms with Gasteiger partial charge in [-0.25, -0.2) is 0 Å². The van der Waals surface area contributed by atoms with Crippen molar-refractivity contribution in [2.45, 2.75) is 18.9 Å². The van der Waals surface area contributed by atoms with E-state index in [4.69, 9.17) is 0 Å². The predicted molar refractivity (Wildman–Crippen MR) is 74.3 cm³/mol. The molecule has 0 N–H and O–H groups in total. The largest absolute Gasteiger partial charge is 0.417 e. The van der Waals surface area contributed by atoms with Gasteiger partial charge in [0.05, 0.1) is 35.1 Å². The van der Waals surface area contributed by atoms with Crippen LogP contribution in [0.2, 0.25) is 0 Å². The van der Waals surface area contributed by atoms with E-state index in [1.165, 1.54) is 25.6 Å². The van der Waals surface area contributed by atoms with Gasteiger partial charge in [0.1, 0.15) is 0 Å². The van der Waals surface area contributed by atoms with Crippen LogP contribution in [0.1, 0.15) is 27.2 Å². The van der Waals surface area contributed by atoms with Crippen molar-refractivity contribution < 1.29 is 31.1 Å². The van der Waals surface area contributed by atoms with Crippen molar-refractivity contribution in [3.63, 3.8) is 0 Å². The summed E-state index contributed by atoms with van der Waals surface area (Å²) in [5.74, 6) is -1.08. The molecule has 10 heteroatoms. The molecule has 0 aliphatic carbocycles. The third-order valence-electron chi connectivity index (χ3n) is 3.25. The van der Waals surface area contributed by atoms with Crippen LogP contribution in [0.25, 0.3) is 0 Å². The minimum Gasteiger partial charge on any atom is -0.336 e. The lowest BCUT2D eigenvalue weighted by Gasteiger charge is -2.20. The molecule has 25 heavy (non-hydrogen) atoms. The fourth-order valence-corrected chi connectivity index (χ4v) is 2.07. The zero-order valence-electron chi connectivity index (χ0n) is 12.7. The van der Waals surface area contributed by atoms with E-state index >= 15 is 0 Å². The van der Waals surface area contributed by atoms with E-state index in [2.05, 4.69) is 9.97 Å². The van der Waals surface area contributed by atoms with Crippen molar-refractivity contribution in [2.24, 2.45) is 0 Å². The van der Waals surface area contributed by atoms with Crippen molar-refractivity contribution in [2.75, 3.05) is 7.05 Å². The number of aromatic nitrogens is 2. The average Bonchev–Trinajstić information content (AvgIpc) is 2.53. The van der Waals surface area contributed by atoms with E-state index < -0.39 is 35.0 Å². The Labute approximate surface area is 138 Å². The Bertz CT molecular complexity index is 758. The van der Waals surface area contributed by atoms with Gasteiger partial charge < -0.3 is 4.90 Å². The van der Waals surface area contributed by atoms with Gasteiger partial charge in [0.2, 0.25) is 0 Å². The molecule has 1 heterocycles. The number of carbonyl (C=O) groups is 1. The summed E-state index contributed by atoms with van der Waals surface area (Å²) in [5, 5.41) is 0. The van der Waals surface area contributed by atoms with Gasteiger partial charge in [0.15, 0.2) is 0 Å². The monoisotopic (exact) mass is 363 g/mol. The molecule has 0 saturated heterocycles. The molecular formula is C15H11F6N3O. The smallest absolute Gasteiger partial charge is 0.336 e. The molecule has 0 spiro atoms. The number of hydrogen-bond donors (Lipinski definition) is 0. The van der Waals surface area contributed by atoms with E-state index in [-0.39, 0.29) is 12.6 Å². The Morgan fingerprint density at radius 2 is 1.76 bits per heavy atom. The van der Waals surface area contributed by atoms with Crippen molar-refractivity contribution in [1.29, 1.82) is 0 Å². The summed E-state index contributed by atoms with van der Waals surface area (Å²) in [6, 6.07) is 0.906. The highest BCUT2D eigenvalue weighted by atomic mass is 19.4. The molecule has 4 nitrogen and oxygen atoms in total. The van der Waals surface area contributed by atoms with Gasteiger partial charge in [-0.05, 0) is 18.2 Å². The number of carbonyl (C=O) groups excluding carboxylic acids is 1. The summed E-state index contributed by atoms with van der Waals surface area (Å²) < 4.78 is 77.3. The first-order valence-corrected chi connectivity index (χ1v) is 6.79. The fraction of sp³-hybridized carbons (Fsp3) is 0.267. The van der Waals surface area contributed by atoms with Crippen LogP contribution in [0.4, 0.5) is 26.3 Å². The average molecular weight is 363 g/mol. The lowest BCUT2D eigenvalue weighted by Crippen LogP contribution is -2.29. The predicted octanol–water partition coefficient (Wildman–Crippen LogP) is 3.79. The molecule has 0 radical (unpaired) electrons. The molecule has 0 saturated carbocycles. The van der Waals surface area contributed by atoms with Crippen LogP contribution in [-0.2, 0) is 18.9 Å². The molecule has 2 rings (SSSR count). The second kappa shape index (κ2) is 6.69. The normalized spacial score (nSPS) is 12.1. The Morgan fingerprint density at radius 3 is 2.28 bits per heavy atom. The van der Waals surface area contributed by atoms with Crippen molar-refractivity contribution in [3.8, 4) is 0 Å². The summed E-state index contributed by atoms with van der Waals surface area (Å²) in [4.78, 5) is 20.8. The molecule has 0 aliphatic heterocycles. The van der Waals surface area contributed by atoms with Gasteiger partial charge in [-0.2, -0.15) is 26.3 Å². The van der Waals surface area contributed by atoms with Gasteiger partial charge >= 0.3 is 12.4 Å². The standard InChI is InChI=1S/C15H11F6N3O/c1-24(8-10-7-22-4-5-23-10)13(25)11-3-2-9(14(16,17)18)6-12(11)15(19,20)21/h2-7H,8H2,1H3. The third-order valence-corrected chi connectivity index (χ3v) is 3.25. The van der Waals surface area contributed by atoms with Crippen LogP contribution in [0.3, 0.4) is 0 Å². The summed E-state index contributed by atoms with van der Waals surface area (Å²) in [5.41, 5.74) is -3.67. The Kier molecular flexibility index (Phi) is 5.00. The van der Waals surface area contributed by atoms with E-state index in [1.54, 1.807) is 0 Å². The van der Waals surface area contributed by atoms with Gasteiger partial charge in [-0.1, -0.05) is 0 Å². The minimum absolute atomic E-state index is 0.0661. The number of alkyl halides is 6. The highest BCUT2D eigenvalue weighted by Crippen LogP contribution is 2.37. The molecule has 134 valence electrons. The van der Waals surface area contributed by atoms with Crippen molar-refractivity contribution >= 4 is 5.91 Å². The van der Waals surface area contributed by atoms with Crippen LogP contribution < -0.4 is 0 Å². The second-order valence-electron chi connectivity index (χ2n) is 5.11. The first kappa shape index (κ1) is 18.7.